The van der Waals surface area contributed by atoms with E-state index in [1.165, 1.54) is 17.0 Å². The molecule has 6 nitrogen and oxygen atoms in total. The monoisotopic (exact) mass is 402 g/mol. The van der Waals surface area contributed by atoms with E-state index >= 15 is 0 Å². The second kappa shape index (κ2) is 10.0. The molecule has 2 aromatic carbocycles. The van der Waals surface area contributed by atoms with Gasteiger partial charge in [0.2, 0.25) is 0 Å². The maximum atomic E-state index is 13.2. The Morgan fingerprint density at radius 2 is 1.83 bits per heavy atom. The second-order valence-corrected chi connectivity index (χ2v) is 7.83. The molecular formula is C22H27FN2O4. The van der Waals surface area contributed by atoms with Crippen molar-refractivity contribution in [1.82, 2.24) is 4.90 Å². The molecule has 1 amide bonds. The van der Waals surface area contributed by atoms with Gasteiger partial charge in [0.25, 0.3) is 0 Å². The lowest BCUT2D eigenvalue weighted by molar-refractivity contribution is 0.0163. The van der Waals surface area contributed by atoms with Gasteiger partial charge in [0.05, 0.1) is 6.04 Å². The summed E-state index contributed by atoms with van der Waals surface area (Å²) in [6, 6.07) is 13.1. The summed E-state index contributed by atoms with van der Waals surface area (Å²) in [5.41, 5.74) is 0.949. The van der Waals surface area contributed by atoms with E-state index < -0.39 is 17.7 Å². The number of halogens is 1. The molecule has 0 radical (unpaired) electrons. The van der Waals surface area contributed by atoms with Crippen molar-refractivity contribution in [3.05, 3.63) is 70.4 Å². The Morgan fingerprint density at radius 3 is 2.41 bits per heavy atom. The average molecular weight is 402 g/mol. The van der Waals surface area contributed by atoms with Crippen LogP contribution in [0.5, 0.6) is 5.75 Å². The molecule has 0 aliphatic heterocycles. The number of ether oxygens (including phenoxy) is 2. The van der Waals surface area contributed by atoms with E-state index in [-0.39, 0.29) is 25.5 Å². The molecular weight excluding hydrogens is 375 g/mol. The summed E-state index contributed by atoms with van der Waals surface area (Å²) >= 11 is 0. The van der Waals surface area contributed by atoms with Crippen LogP contribution in [0, 0.1) is 10.7 Å². The summed E-state index contributed by atoms with van der Waals surface area (Å²) in [6.07, 6.45) is -0.500. The average Bonchev–Trinajstić information content (AvgIpc) is 2.64. The standard InChI is InChI=1S/C22H27FN2O4/c1-16(13-24-27)25(21(26)29-22(2,3)4)14-17-8-10-20(11-9-17)28-15-18-6-5-7-19(23)12-18/h5-12,16H,13-15H2,1-4H3. The lowest BCUT2D eigenvalue weighted by Gasteiger charge is -2.30. The number of nitrogens with zero attached hydrogens (tertiary/aromatic N) is 2. The molecule has 156 valence electrons. The van der Waals surface area contributed by atoms with Crippen LogP contribution < -0.4 is 4.74 Å². The summed E-state index contributed by atoms with van der Waals surface area (Å²) in [5.74, 6) is 0.326. The van der Waals surface area contributed by atoms with E-state index in [1.54, 1.807) is 52.0 Å². The summed E-state index contributed by atoms with van der Waals surface area (Å²) in [4.78, 5) is 24.7. The van der Waals surface area contributed by atoms with Crippen LogP contribution in [0.4, 0.5) is 9.18 Å². The van der Waals surface area contributed by atoms with E-state index in [0.717, 1.165) is 11.1 Å². The van der Waals surface area contributed by atoms with Crippen molar-refractivity contribution in [3.63, 3.8) is 0 Å². The SMILES string of the molecule is CC(CN=O)N(Cc1ccc(OCc2cccc(F)c2)cc1)C(=O)OC(C)(C)C. The lowest BCUT2D eigenvalue weighted by Crippen LogP contribution is -2.42. The number of carbonyl (C=O) groups is 1. The molecule has 0 fully saturated rings. The Morgan fingerprint density at radius 1 is 1.14 bits per heavy atom. The topological polar surface area (TPSA) is 68.2 Å². The number of hydrogen-bond acceptors (Lipinski definition) is 5. The van der Waals surface area contributed by atoms with Crippen LogP contribution in [0.15, 0.2) is 53.7 Å². The molecule has 0 aliphatic carbocycles. The summed E-state index contributed by atoms with van der Waals surface area (Å²) in [7, 11) is 0. The quantitative estimate of drug-likeness (QED) is 0.562. The number of nitroso groups, excluding NO2 is 1. The smallest absolute Gasteiger partial charge is 0.410 e. The molecule has 0 saturated heterocycles. The van der Waals surface area contributed by atoms with E-state index in [4.69, 9.17) is 9.47 Å². The van der Waals surface area contributed by atoms with Crippen molar-refractivity contribution in [2.75, 3.05) is 6.54 Å². The van der Waals surface area contributed by atoms with Crippen LogP contribution in [0.1, 0.15) is 38.8 Å². The van der Waals surface area contributed by atoms with Crippen LogP contribution in [-0.2, 0) is 17.9 Å². The first-order valence-electron chi connectivity index (χ1n) is 9.43. The summed E-state index contributed by atoms with van der Waals surface area (Å²) in [6.45, 7) is 7.62. The maximum Gasteiger partial charge on any atom is 0.410 e. The van der Waals surface area contributed by atoms with Crippen molar-refractivity contribution in [1.29, 1.82) is 0 Å². The highest BCUT2D eigenvalue weighted by atomic mass is 19.1. The predicted molar refractivity (Wildman–Crippen MR) is 109 cm³/mol. The van der Waals surface area contributed by atoms with E-state index in [0.29, 0.717) is 5.75 Å². The molecule has 0 spiro atoms. The second-order valence-electron chi connectivity index (χ2n) is 7.83. The Hall–Kier alpha value is -2.96. The van der Waals surface area contributed by atoms with Crippen molar-refractivity contribution in [3.8, 4) is 5.75 Å². The Balaban J connectivity index is 2.03. The lowest BCUT2D eigenvalue weighted by atomic mass is 10.1. The van der Waals surface area contributed by atoms with Gasteiger partial charge >= 0.3 is 6.09 Å². The zero-order valence-corrected chi connectivity index (χ0v) is 17.2. The molecule has 1 atom stereocenters. The summed E-state index contributed by atoms with van der Waals surface area (Å²) in [5, 5.41) is 2.90. The minimum atomic E-state index is -0.641. The van der Waals surface area contributed by atoms with Gasteiger partial charge in [-0.3, -0.25) is 4.90 Å². The summed E-state index contributed by atoms with van der Waals surface area (Å²) < 4.78 is 24.4. The largest absolute Gasteiger partial charge is 0.489 e. The fourth-order valence-electron chi connectivity index (χ4n) is 2.61. The van der Waals surface area contributed by atoms with E-state index in [1.807, 2.05) is 12.1 Å². The first kappa shape index (κ1) is 22.3. The van der Waals surface area contributed by atoms with Crippen LogP contribution in [0.2, 0.25) is 0 Å². The molecule has 1 unspecified atom stereocenters. The highest BCUT2D eigenvalue weighted by Gasteiger charge is 2.26. The van der Waals surface area contributed by atoms with Gasteiger partial charge in [0.1, 0.15) is 30.3 Å². The van der Waals surface area contributed by atoms with Gasteiger partial charge in [-0.1, -0.05) is 29.4 Å². The zero-order valence-electron chi connectivity index (χ0n) is 17.2. The molecule has 0 saturated carbocycles. The third-order valence-electron chi connectivity index (χ3n) is 4.07. The number of hydrogen-bond donors (Lipinski definition) is 0. The molecule has 0 heterocycles. The molecule has 2 aromatic rings. The van der Waals surface area contributed by atoms with Gasteiger partial charge in [0, 0.05) is 6.54 Å². The van der Waals surface area contributed by atoms with Crippen LogP contribution in [-0.4, -0.2) is 29.2 Å². The third kappa shape index (κ3) is 7.52. The van der Waals surface area contributed by atoms with Crippen molar-refractivity contribution in [2.45, 2.75) is 52.5 Å². The molecule has 0 aliphatic rings. The normalized spacial score (nSPS) is 12.2. The van der Waals surface area contributed by atoms with Gasteiger partial charge < -0.3 is 9.47 Å². The molecule has 0 N–H and O–H groups in total. The highest BCUT2D eigenvalue weighted by Crippen LogP contribution is 2.19. The van der Waals surface area contributed by atoms with Crippen LogP contribution >= 0.6 is 0 Å². The van der Waals surface area contributed by atoms with Crippen molar-refractivity contribution in [2.24, 2.45) is 5.18 Å². The molecule has 7 heteroatoms. The van der Waals surface area contributed by atoms with Gasteiger partial charge in [-0.2, -0.15) is 4.91 Å². The highest BCUT2D eigenvalue weighted by molar-refractivity contribution is 5.68. The Bertz CT molecular complexity index is 818. The van der Waals surface area contributed by atoms with Crippen molar-refractivity contribution < 1.29 is 18.7 Å². The maximum absolute atomic E-state index is 13.2. The molecule has 0 bridgehead atoms. The molecule has 29 heavy (non-hydrogen) atoms. The minimum absolute atomic E-state index is 0.0198. The molecule has 0 aromatic heterocycles. The van der Waals surface area contributed by atoms with Crippen LogP contribution in [0.25, 0.3) is 0 Å². The Kier molecular flexibility index (Phi) is 7.70. The predicted octanol–water partition coefficient (Wildman–Crippen LogP) is 5.30. The minimum Gasteiger partial charge on any atom is -0.489 e. The van der Waals surface area contributed by atoms with Gasteiger partial charge in [-0.05, 0) is 63.1 Å². The van der Waals surface area contributed by atoms with Gasteiger partial charge in [-0.25, -0.2) is 9.18 Å². The first-order chi connectivity index (χ1) is 13.7. The fourth-order valence-corrected chi connectivity index (χ4v) is 2.61. The Labute approximate surface area is 170 Å². The number of carbonyl (C=O) groups excluding carboxylic acids is 1. The number of amides is 1. The molecule has 2 rings (SSSR count). The van der Waals surface area contributed by atoms with Crippen LogP contribution in [0.3, 0.4) is 0 Å². The number of rotatable bonds is 8. The van der Waals surface area contributed by atoms with Gasteiger partial charge in [-0.15, -0.1) is 0 Å². The first-order valence-corrected chi connectivity index (χ1v) is 9.43. The third-order valence-corrected chi connectivity index (χ3v) is 4.07. The van der Waals surface area contributed by atoms with E-state index in [2.05, 4.69) is 5.18 Å². The van der Waals surface area contributed by atoms with Crippen molar-refractivity contribution >= 4 is 6.09 Å². The van der Waals surface area contributed by atoms with Gasteiger partial charge in [0.15, 0.2) is 0 Å². The van der Waals surface area contributed by atoms with E-state index in [9.17, 15) is 14.1 Å². The fraction of sp³-hybridized carbons (Fsp3) is 0.409. The number of benzene rings is 2. The zero-order chi connectivity index (χ0) is 21.4.